The molecule has 1 aromatic rings. The molecule has 0 radical (unpaired) electrons. The lowest BCUT2D eigenvalue weighted by molar-refractivity contribution is 0.498. The molecule has 0 bridgehead atoms. The maximum atomic E-state index is 5.83. The number of nitrogen functional groups attached to an aromatic ring is 1. The lowest BCUT2D eigenvalue weighted by Crippen LogP contribution is -2.22. The van der Waals surface area contributed by atoms with E-state index >= 15 is 0 Å². The molecular weight excluding hydrogens is 208 g/mol. The molecule has 0 amide bonds. The van der Waals surface area contributed by atoms with Crippen molar-refractivity contribution in [3.05, 3.63) is 29.3 Å². The van der Waals surface area contributed by atoms with E-state index in [0.29, 0.717) is 6.04 Å². The molecule has 0 aliphatic heterocycles. The van der Waals surface area contributed by atoms with Gasteiger partial charge in [-0.1, -0.05) is 19.4 Å². The number of hydrogen-bond donors (Lipinski definition) is 2. The first-order valence-corrected chi connectivity index (χ1v) is 6.92. The lowest BCUT2D eigenvalue weighted by atomic mass is 10.1. The van der Waals surface area contributed by atoms with Crippen LogP contribution in [0, 0.1) is 5.92 Å². The van der Waals surface area contributed by atoms with Gasteiger partial charge in [-0.25, -0.2) is 0 Å². The van der Waals surface area contributed by atoms with Gasteiger partial charge in [0, 0.05) is 17.8 Å². The van der Waals surface area contributed by atoms with Crippen LogP contribution in [0.25, 0.3) is 0 Å². The third-order valence-corrected chi connectivity index (χ3v) is 4.24. The van der Waals surface area contributed by atoms with Crippen molar-refractivity contribution in [3.8, 4) is 0 Å². The van der Waals surface area contributed by atoms with Crippen molar-refractivity contribution >= 4 is 5.69 Å². The Balaban J connectivity index is 1.64. The predicted octanol–water partition coefficient (Wildman–Crippen LogP) is 3.03. The Bertz CT molecular complexity index is 413. The molecule has 3 unspecified atom stereocenters. The molecule has 3 atom stereocenters. The van der Waals surface area contributed by atoms with Crippen LogP contribution in [0.1, 0.15) is 49.8 Å². The van der Waals surface area contributed by atoms with Gasteiger partial charge in [-0.2, -0.15) is 0 Å². The van der Waals surface area contributed by atoms with Gasteiger partial charge in [-0.15, -0.1) is 0 Å². The van der Waals surface area contributed by atoms with E-state index in [1.54, 1.807) is 0 Å². The highest BCUT2D eigenvalue weighted by molar-refractivity contribution is 5.47. The second-order valence-corrected chi connectivity index (χ2v) is 5.61. The van der Waals surface area contributed by atoms with E-state index in [4.69, 9.17) is 5.73 Å². The van der Waals surface area contributed by atoms with Crippen molar-refractivity contribution in [1.82, 2.24) is 5.32 Å². The molecule has 0 aromatic heterocycles. The molecule has 3 rings (SSSR count). The fraction of sp³-hybridized carbons (Fsp3) is 0.600. The van der Waals surface area contributed by atoms with E-state index in [-0.39, 0.29) is 0 Å². The van der Waals surface area contributed by atoms with Gasteiger partial charge in [0.05, 0.1) is 0 Å². The van der Waals surface area contributed by atoms with Gasteiger partial charge in [0.15, 0.2) is 0 Å². The number of anilines is 1. The van der Waals surface area contributed by atoms with Gasteiger partial charge in [0.1, 0.15) is 0 Å². The predicted molar refractivity (Wildman–Crippen MR) is 71.9 cm³/mol. The zero-order valence-corrected chi connectivity index (χ0v) is 10.6. The van der Waals surface area contributed by atoms with Crippen molar-refractivity contribution in [3.63, 3.8) is 0 Å². The molecule has 0 saturated heterocycles. The summed E-state index contributed by atoms with van der Waals surface area (Å²) in [5.41, 5.74) is 9.67. The zero-order chi connectivity index (χ0) is 11.8. The third kappa shape index (κ3) is 2.19. The third-order valence-electron chi connectivity index (χ3n) is 4.24. The van der Waals surface area contributed by atoms with Gasteiger partial charge in [0.25, 0.3) is 0 Å². The van der Waals surface area contributed by atoms with E-state index < -0.39 is 0 Å². The van der Waals surface area contributed by atoms with Crippen molar-refractivity contribution in [2.75, 3.05) is 5.73 Å². The molecule has 92 valence electrons. The van der Waals surface area contributed by atoms with Crippen LogP contribution in [0.15, 0.2) is 18.2 Å². The standard InChI is InChI=1S/C15H22N2/c1-2-3-11-9-15(11)17-14-7-4-10-8-12(16)5-6-13(10)14/h5-6,8,11,14-15,17H,2-4,7,9,16H2,1H3. The summed E-state index contributed by atoms with van der Waals surface area (Å²) in [5.74, 6) is 0.942. The van der Waals surface area contributed by atoms with Crippen LogP contribution in [0.5, 0.6) is 0 Å². The number of aryl methyl sites for hydroxylation is 1. The molecule has 2 heteroatoms. The summed E-state index contributed by atoms with van der Waals surface area (Å²) in [7, 11) is 0. The summed E-state index contributed by atoms with van der Waals surface area (Å²) in [6.07, 6.45) is 6.52. The molecule has 3 N–H and O–H groups in total. The maximum absolute atomic E-state index is 5.83. The topological polar surface area (TPSA) is 38.0 Å². The Morgan fingerprint density at radius 3 is 3.12 bits per heavy atom. The Morgan fingerprint density at radius 1 is 1.41 bits per heavy atom. The first-order valence-electron chi connectivity index (χ1n) is 6.92. The number of benzene rings is 1. The smallest absolute Gasteiger partial charge is 0.0328 e. The van der Waals surface area contributed by atoms with Crippen LogP contribution in [0.3, 0.4) is 0 Å². The minimum Gasteiger partial charge on any atom is -0.399 e. The molecule has 1 aromatic carbocycles. The highest BCUT2D eigenvalue weighted by Gasteiger charge is 2.38. The molecule has 1 fully saturated rings. The second kappa shape index (κ2) is 4.34. The largest absolute Gasteiger partial charge is 0.399 e. The first kappa shape index (κ1) is 11.1. The molecule has 0 heterocycles. The monoisotopic (exact) mass is 230 g/mol. The summed E-state index contributed by atoms with van der Waals surface area (Å²) in [4.78, 5) is 0. The summed E-state index contributed by atoms with van der Waals surface area (Å²) in [6, 6.07) is 7.76. The Labute approximate surface area is 104 Å². The van der Waals surface area contributed by atoms with Gasteiger partial charge in [-0.05, 0) is 54.9 Å². The van der Waals surface area contributed by atoms with Gasteiger partial charge in [0.2, 0.25) is 0 Å². The van der Waals surface area contributed by atoms with Crippen molar-refractivity contribution < 1.29 is 0 Å². The number of nitrogens with one attached hydrogen (secondary N) is 1. The molecular formula is C15H22N2. The molecule has 2 aliphatic rings. The molecule has 0 spiro atoms. The fourth-order valence-corrected chi connectivity index (χ4v) is 3.21. The Morgan fingerprint density at radius 2 is 2.29 bits per heavy atom. The van der Waals surface area contributed by atoms with Crippen molar-refractivity contribution in [2.45, 2.75) is 51.1 Å². The van der Waals surface area contributed by atoms with Crippen LogP contribution in [0.4, 0.5) is 5.69 Å². The zero-order valence-electron chi connectivity index (χ0n) is 10.6. The van der Waals surface area contributed by atoms with E-state index in [0.717, 1.165) is 17.6 Å². The van der Waals surface area contributed by atoms with E-state index in [2.05, 4.69) is 24.4 Å². The minimum absolute atomic E-state index is 0.581. The molecule has 1 saturated carbocycles. The molecule has 2 aliphatic carbocycles. The summed E-state index contributed by atoms with van der Waals surface area (Å²) in [5, 5.41) is 3.82. The molecule has 17 heavy (non-hydrogen) atoms. The number of rotatable bonds is 4. The van der Waals surface area contributed by atoms with Crippen molar-refractivity contribution in [2.24, 2.45) is 5.92 Å². The fourth-order valence-electron chi connectivity index (χ4n) is 3.21. The Hall–Kier alpha value is -1.02. The van der Waals surface area contributed by atoms with Crippen LogP contribution < -0.4 is 11.1 Å². The average molecular weight is 230 g/mol. The number of hydrogen-bond acceptors (Lipinski definition) is 2. The number of nitrogens with two attached hydrogens (primary N) is 1. The highest BCUT2D eigenvalue weighted by Crippen LogP contribution is 2.39. The Kier molecular flexibility index (Phi) is 2.83. The SMILES string of the molecule is CCCC1CC1NC1CCc2cc(N)ccc21. The van der Waals surface area contributed by atoms with E-state index in [9.17, 15) is 0 Å². The van der Waals surface area contributed by atoms with Crippen LogP contribution in [0.2, 0.25) is 0 Å². The summed E-state index contributed by atoms with van der Waals surface area (Å²) in [6.45, 7) is 2.28. The van der Waals surface area contributed by atoms with Crippen LogP contribution >= 0.6 is 0 Å². The van der Waals surface area contributed by atoms with Gasteiger partial charge >= 0.3 is 0 Å². The lowest BCUT2D eigenvalue weighted by Gasteiger charge is -2.14. The van der Waals surface area contributed by atoms with Gasteiger partial charge < -0.3 is 11.1 Å². The van der Waals surface area contributed by atoms with Gasteiger partial charge in [-0.3, -0.25) is 0 Å². The quantitative estimate of drug-likeness (QED) is 0.780. The van der Waals surface area contributed by atoms with E-state index in [1.165, 1.54) is 43.2 Å². The van der Waals surface area contributed by atoms with Crippen LogP contribution in [-0.2, 0) is 6.42 Å². The highest BCUT2D eigenvalue weighted by atomic mass is 15.0. The van der Waals surface area contributed by atoms with Crippen LogP contribution in [-0.4, -0.2) is 6.04 Å². The summed E-state index contributed by atoms with van der Waals surface area (Å²) >= 11 is 0. The summed E-state index contributed by atoms with van der Waals surface area (Å²) < 4.78 is 0. The average Bonchev–Trinajstić information content (AvgIpc) is 2.91. The van der Waals surface area contributed by atoms with E-state index in [1.807, 2.05) is 6.07 Å². The number of fused-ring (bicyclic) bond motifs is 1. The maximum Gasteiger partial charge on any atom is 0.0328 e. The first-order chi connectivity index (χ1) is 8.28. The molecule has 2 nitrogen and oxygen atoms in total. The van der Waals surface area contributed by atoms with Crippen molar-refractivity contribution in [1.29, 1.82) is 0 Å². The minimum atomic E-state index is 0.581. The normalized spacial score (nSPS) is 30.3. The second-order valence-electron chi connectivity index (χ2n) is 5.61.